The van der Waals surface area contributed by atoms with Crippen molar-refractivity contribution in [2.75, 3.05) is 0 Å². The first-order chi connectivity index (χ1) is 20.9. The van der Waals surface area contributed by atoms with Crippen LogP contribution in [0.25, 0.3) is 82.2 Å². The van der Waals surface area contributed by atoms with E-state index in [2.05, 4.69) is 146 Å². The summed E-state index contributed by atoms with van der Waals surface area (Å²) < 4.78 is 0. The molecule has 0 nitrogen and oxygen atoms in total. The minimum atomic E-state index is 1.07. The van der Waals surface area contributed by atoms with Gasteiger partial charge in [0.15, 0.2) is 0 Å². The summed E-state index contributed by atoms with van der Waals surface area (Å²) in [4.78, 5) is 0. The predicted octanol–water partition coefficient (Wildman–Crippen LogP) is 10.8. The first-order valence-electron chi connectivity index (χ1n) is 14.9. The van der Waals surface area contributed by atoms with E-state index < -0.39 is 0 Å². The summed E-state index contributed by atoms with van der Waals surface area (Å²) in [7, 11) is 0. The van der Waals surface area contributed by atoms with Gasteiger partial charge < -0.3 is 0 Å². The molecule has 0 bridgehead atoms. The lowest BCUT2D eigenvalue weighted by Gasteiger charge is -2.15. The number of hydrogen-bond acceptors (Lipinski definition) is 0. The molecule has 0 heteroatoms. The summed E-state index contributed by atoms with van der Waals surface area (Å²) in [5.74, 6) is 0. The van der Waals surface area contributed by atoms with Gasteiger partial charge in [-0.1, -0.05) is 146 Å². The van der Waals surface area contributed by atoms with Crippen LogP contribution in [0.15, 0.2) is 140 Å². The molecule has 0 fully saturated rings. The Kier molecular flexibility index (Phi) is 5.12. The monoisotopic (exact) mass is 532 g/mol. The van der Waals surface area contributed by atoms with Crippen LogP contribution in [0.5, 0.6) is 0 Å². The topological polar surface area (TPSA) is 0 Å². The molecule has 0 N–H and O–H groups in total. The van der Waals surface area contributed by atoms with Crippen molar-refractivity contribution in [2.45, 2.75) is 12.8 Å². The lowest BCUT2D eigenvalue weighted by Crippen LogP contribution is -2.07. The van der Waals surface area contributed by atoms with E-state index in [4.69, 9.17) is 0 Å². The van der Waals surface area contributed by atoms with E-state index in [9.17, 15) is 0 Å². The minimum absolute atomic E-state index is 1.07. The second kappa shape index (κ2) is 9.16. The number of rotatable bonds is 2. The summed E-state index contributed by atoms with van der Waals surface area (Å²) in [5, 5.41) is 14.6. The SMILES string of the molecule is C1=c2c3c(cccc3c3c(-c4ccccc4)c4ccc5cccc6cccc(ccc4c(-c4ccccc4)c23)c65)CC1. The van der Waals surface area contributed by atoms with E-state index in [0.29, 0.717) is 0 Å². The highest BCUT2D eigenvalue weighted by atomic mass is 14.3. The van der Waals surface area contributed by atoms with Crippen molar-refractivity contribution in [3.8, 4) is 22.3 Å². The molecule has 1 aliphatic carbocycles. The van der Waals surface area contributed by atoms with Gasteiger partial charge in [-0.15, -0.1) is 0 Å². The molecule has 0 saturated carbocycles. The average Bonchev–Trinajstić information content (AvgIpc) is 3.41. The van der Waals surface area contributed by atoms with E-state index in [1.54, 1.807) is 0 Å². The fraction of sp³-hybridized carbons (Fsp3) is 0.0476. The molecule has 1 aliphatic rings. The van der Waals surface area contributed by atoms with Gasteiger partial charge in [-0.2, -0.15) is 0 Å². The maximum atomic E-state index is 2.50. The van der Waals surface area contributed by atoms with Crippen LogP contribution in [0.3, 0.4) is 0 Å². The van der Waals surface area contributed by atoms with Crippen molar-refractivity contribution in [3.63, 3.8) is 0 Å². The molecule has 8 aromatic carbocycles. The molecule has 196 valence electrons. The fourth-order valence-corrected chi connectivity index (χ4v) is 7.54. The van der Waals surface area contributed by atoms with Gasteiger partial charge in [0.1, 0.15) is 0 Å². The van der Waals surface area contributed by atoms with Gasteiger partial charge in [-0.3, -0.25) is 0 Å². The van der Waals surface area contributed by atoms with E-state index in [-0.39, 0.29) is 0 Å². The van der Waals surface area contributed by atoms with Gasteiger partial charge in [-0.05, 0) is 99.7 Å². The summed E-state index contributed by atoms with van der Waals surface area (Å²) in [6.07, 6.45) is 4.67. The molecule has 0 unspecified atom stereocenters. The Bertz CT molecular complexity index is 2430. The first-order valence-corrected chi connectivity index (χ1v) is 14.9. The van der Waals surface area contributed by atoms with E-state index in [0.717, 1.165) is 12.8 Å². The molecule has 0 aromatic heterocycles. The Labute approximate surface area is 244 Å². The molecule has 0 spiro atoms. The smallest absolute Gasteiger partial charge is 0.000765 e. The van der Waals surface area contributed by atoms with E-state index >= 15 is 0 Å². The molecule has 0 saturated heterocycles. The Morgan fingerprint density at radius 1 is 0.357 bits per heavy atom. The zero-order valence-electron chi connectivity index (χ0n) is 23.3. The Morgan fingerprint density at radius 2 is 0.905 bits per heavy atom. The van der Waals surface area contributed by atoms with E-state index in [1.807, 2.05) is 0 Å². The van der Waals surface area contributed by atoms with Gasteiger partial charge in [0.2, 0.25) is 0 Å². The van der Waals surface area contributed by atoms with Crippen molar-refractivity contribution >= 4 is 59.9 Å². The highest BCUT2D eigenvalue weighted by Crippen LogP contribution is 2.46. The molecule has 0 aliphatic heterocycles. The Hall–Kier alpha value is -5.20. The summed E-state index contributed by atoms with van der Waals surface area (Å²) in [6.45, 7) is 0. The van der Waals surface area contributed by atoms with Crippen molar-refractivity contribution in [1.29, 1.82) is 0 Å². The summed E-state index contributed by atoms with van der Waals surface area (Å²) >= 11 is 0. The van der Waals surface area contributed by atoms with Crippen LogP contribution in [0.4, 0.5) is 0 Å². The standard InChI is InChI=1S/C42H28/c1-3-11-29(12-4-1)39-33-25-23-31-17-7-15-27-16-8-18-32(37(27)31)24-26-34(33)40(30-13-5-2-6-14-30)42-36-22-10-20-28-19-9-21-35(38(28)36)41(39)42/h1-9,11-19,21-26H,10,20H2. The molecule has 0 radical (unpaired) electrons. The van der Waals surface area contributed by atoms with Crippen molar-refractivity contribution < 1.29 is 0 Å². The lowest BCUT2D eigenvalue weighted by atomic mass is 9.87. The largest absolute Gasteiger partial charge is 0.0757 e. The average molecular weight is 533 g/mol. The van der Waals surface area contributed by atoms with Gasteiger partial charge in [0.25, 0.3) is 0 Å². The quantitative estimate of drug-likeness (QED) is 0.208. The molecular weight excluding hydrogens is 504 g/mol. The van der Waals surface area contributed by atoms with Crippen LogP contribution in [0.1, 0.15) is 12.0 Å². The van der Waals surface area contributed by atoms with Crippen LogP contribution in [0.2, 0.25) is 0 Å². The van der Waals surface area contributed by atoms with Gasteiger partial charge in [-0.25, -0.2) is 0 Å². The third-order valence-electron chi connectivity index (χ3n) is 9.25. The van der Waals surface area contributed by atoms with E-state index in [1.165, 1.54) is 86.9 Å². The molecule has 0 atom stereocenters. The van der Waals surface area contributed by atoms with Crippen molar-refractivity contribution in [1.82, 2.24) is 0 Å². The highest BCUT2D eigenvalue weighted by Gasteiger charge is 2.23. The molecule has 9 rings (SSSR count). The third-order valence-corrected chi connectivity index (χ3v) is 9.25. The normalized spacial score (nSPS) is 12.8. The minimum Gasteiger partial charge on any atom is -0.0757 e. The summed E-state index contributed by atoms with van der Waals surface area (Å²) in [5.41, 5.74) is 6.64. The van der Waals surface area contributed by atoms with Crippen molar-refractivity contribution in [2.24, 2.45) is 0 Å². The molecule has 42 heavy (non-hydrogen) atoms. The maximum Gasteiger partial charge on any atom is -0.000765 e. The second-order valence-corrected chi connectivity index (χ2v) is 11.5. The second-order valence-electron chi connectivity index (χ2n) is 11.5. The van der Waals surface area contributed by atoms with Crippen LogP contribution in [-0.2, 0) is 6.42 Å². The van der Waals surface area contributed by atoms with Crippen LogP contribution in [0, 0.1) is 0 Å². The zero-order valence-corrected chi connectivity index (χ0v) is 23.3. The number of benzene rings is 6. The predicted molar refractivity (Wildman–Crippen MR) is 182 cm³/mol. The zero-order chi connectivity index (χ0) is 27.6. The van der Waals surface area contributed by atoms with Gasteiger partial charge in [0.05, 0.1) is 0 Å². The lowest BCUT2D eigenvalue weighted by molar-refractivity contribution is 1.04. The Balaban J connectivity index is 1.64. The number of fused-ring (bicyclic) bond motifs is 4. The maximum absolute atomic E-state index is 2.50. The third kappa shape index (κ3) is 3.36. The molecule has 0 heterocycles. The van der Waals surface area contributed by atoms with Crippen molar-refractivity contribution in [3.05, 3.63) is 150 Å². The number of aryl methyl sites for hydroxylation is 1. The molecule has 0 amide bonds. The Morgan fingerprint density at radius 3 is 1.52 bits per heavy atom. The van der Waals surface area contributed by atoms with Gasteiger partial charge in [0, 0.05) is 0 Å². The van der Waals surface area contributed by atoms with Crippen LogP contribution < -0.4 is 5.22 Å². The van der Waals surface area contributed by atoms with Crippen LogP contribution in [-0.4, -0.2) is 0 Å². The first kappa shape index (κ1) is 23.5. The van der Waals surface area contributed by atoms with Crippen LogP contribution >= 0.6 is 0 Å². The molecule has 8 aromatic rings. The molecular formula is C42H28. The highest BCUT2D eigenvalue weighted by molar-refractivity contribution is 6.31. The summed E-state index contributed by atoms with van der Waals surface area (Å²) in [6, 6.07) is 51.8. The van der Waals surface area contributed by atoms with Gasteiger partial charge >= 0.3 is 0 Å². The fourth-order valence-electron chi connectivity index (χ4n) is 7.54. The number of hydrogen-bond donors (Lipinski definition) is 0.